The molecule has 0 aromatic heterocycles. The van der Waals surface area contributed by atoms with Gasteiger partial charge in [0.1, 0.15) is 25.3 Å². The Hall–Kier alpha value is -1.13. The van der Waals surface area contributed by atoms with Gasteiger partial charge >= 0.3 is 5.97 Å². The van der Waals surface area contributed by atoms with Gasteiger partial charge in [-0.05, 0) is 19.9 Å². The van der Waals surface area contributed by atoms with Gasteiger partial charge in [0, 0.05) is 17.6 Å². The number of hydrogen-bond donors (Lipinski definition) is 0. The molecule has 0 radical (unpaired) electrons. The van der Waals surface area contributed by atoms with Crippen molar-refractivity contribution in [2.75, 3.05) is 26.4 Å². The maximum atomic E-state index is 11.6. The Morgan fingerprint density at radius 1 is 1.67 bits per heavy atom. The number of nitrogens with zero attached hydrogens (tertiary/aromatic N) is 1. The van der Waals surface area contributed by atoms with E-state index in [2.05, 4.69) is 6.08 Å². The molecule has 2 fully saturated rings. The number of esters is 1. The Bertz CT molecular complexity index is 430. The molecule has 3 aliphatic rings. The van der Waals surface area contributed by atoms with Crippen molar-refractivity contribution in [3.8, 4) is 0 Å². The van der Waals surface area contributed by atoms with Gasteiger partial charge < -0.3 is 9.47 Å². The van der Waals surface area contributed by atoms with Crippen LogP contribution >= 0.6 is 0 Å². The van der Waals surface area contributed by atoms with Crippen molar-refractivity contribution < 1.29 is 18.8 Å². The fraction of sp³-hybridized carbons (Fsp3) is 0.643. The van der Waals surface area contributed by atoms with Gasteiger partial charge in [-0.15, -0.1) is 0 Å². The minimum absolute atomic E-state index is 0.210. The zero-order valence-corrected chi connectivity index (χ0v) is 11.0. The Balaban J connectivity index is 1.64. The van der Waals surface area contributed by atoms with E-state index in [-0.39, 0.29) is 5.97 Å². The van der Waals surface area contributed by atoms with Crippen molar-refractivity contribution in [1.82, 2.24) is 0 Å². The lowest BCUT2D eigenvalue weighted by Crippen LogP contribution is -2.47. The van der Waals surface area contributed by atoms with E-state index in [1.165, 1.54) is 12.1 Å². The summed E-state index contributed by atoms with van der Waals surface area (Å²) in [6.45, 7) is 7.13. The fourth-order valence-electron chi connectivity index (χ4n) is 3.39. The molecule has 0 N–H and O–H groups in total. The molecule has 0 saturated carbocycles. The first-order valence-electron chi connectivity index (χ1n) is 6.62. The minimum atomic E-state index is -0.210. The predicted molar refractivity (Wildman–Crippen MR) is 66.6 cm³/mol. The number of carbonyl (C=O) groups is 1. The van der Waals surface area contributed by atoms with E-state index in [0.29, 0.717) is 24.3 Å². The molecular formula is C14H20NO3+. The molecule has 2 saturated heterocycles. The first kappa shape index (κ1) is 11.9. The number of allylic oxidation sites excluding steroid dienone is 1. The molecule has 0 aromatic carbocycles. The molecule has 98 valence electrons. The standard InChI is InChI=1S/C14H20NO3/c1-3-10(2)14(16)17-8-11-4-6-15-7-5-12(13(11)15)18-9-15/h3-4,12-13H,5-9H2,1-2H3/q+1. The van der Waals surface area contributed by atoms with Gasteiger partial charge in [0.2, 0.25) is 0 Å². The average molecular weight is 250 g/mol. The molecule has 0 amide bonds. The summed E-state index contributed by atoms with van der Waals surface area (Å²) in [6, 6.07) is 0.448. The second-order valence-corrected chi connectivity index (χ2v) is 5.52. The lowest BCUT2D eigenvalue weighted by molar-refractivity contribution is -0.926. The third kappa shape index (κ3) is 1.63. The summed E-state index contributed by atoms with van der Waals surface area (Å²) in [5.41, 5.74) is 1.93. The quantitative estimate of drug-likeness (QED) is 0.328. The number of ether oxygens (including phenoxy) is 2. The Morgan fingerprint density at radius 3 is 3.17 bits per heavy atom. The van der Waals surface area contributed by atoms with Crippen molar-refractivity contribution in [1.29, 1.82) is 0 Å². The number of carbonyl (C=O) groups excluding carboxylic acids is 1. The summed E-state index contributed by atoms with van der Waals surface area (Å²) >= 11 is 0. The molecular weight excluding hydrogens is 230 g/mol. The number of rotatable bonds is 3. The number of quaternary nitrogens is 1. The van der Waals surface area contributed by atoms with Gasteiger partial charge in [0.05, 0.1) is 6.54 Å². The summed E-state index contributed by atoms with van der Waals surface area (Å²) in [7, 11) is 0. The molecule has 3 aliphatic heterocycles. The molecule has 3 unspecified atom stereocenters. The second kappa shape index (κ2) is 4.21. The highest BCUT2D eigenvalue weighted by molar-refractivity contribution is 5.87. The number of hydrogen-bond acceptors (Lipinski definition) is 3. The van der Waals surface area contributed by atoms with Crippen LogP contribution in [0.3, 0.4) is 0 Å². The third-order valence-electron chi connectivity index (χ3n) is 4.57. The lowest BCUT2D eigenvalue weighted by atomic mass is 10.1. The van der Waals surface area contributed by atoms with Crippen LogP contribution in [0.25, 0.3) is 0 Å². The molecule has 4 nitrogen and oxygen atoms in total. The van der Waals surface area contributed by atoms with E-state index < -0.39 is 0 Å². The first-order valence-corrected chi connectivity index (χ1v) is 6.62. The van der Waals surface area contributed by atoms with Crippen LogP contribution in [-0.4, -0.2) is 49.0 Å². The van der Waals surface area contributed by atoms with E-state index in [1.807, 2.05) is 6.92 Å². The normalized spacial score (nSPS) is 37.7. The van der Waals surface area contributed by atoms with Crippen LogP contribution in [0.4, 0.5) is 0 Å². The third-order valence-corrected chi connectivity index (χ3v) is 4.57. The van der Waals surface area contributed by atoms with Crippen molar-refractivity contribution in [3.05, 3.63) is 23.3 Å². The topological polar surface area (TPSA) is 35.5 Å². The van der Waals surface area contributed by atoms with E-state index in [4.69, 9.17) is 9.47 Å². The molecule has 4 heteroatoms. The highest BCUT2D eigenvalue weighted by atomic mass is 16.5. The van der Waals surface area contributed by atoms with E-state index in [1.54, 1.807) is 13.0 Å². The monoisotopic (exact) mass is 250 g/mol. The second-order valence-electron chi connectivity index (χ2n) is 5.52. The zero-order valence-electron chi connectivity index (χ0n) is 11.0. The Morgan fingerprint density at radius 2 is 2.50 bits per heavy atom. The molecule has 0 aliphatic carbocycles. The van der Waals surface area contributed by atoms with E-state index >= 15 is 0 Å². The van der Waals surface area contributed by atoms with E-state index in [9.17, 15) is 4.79 Å². The summed E-state index contributed by atoms with van der Waals surface area (Å²) in [4.78, 5) is 11.6. The van der Waals surface area contributed by atoms with Crippen LogP contribution in [0.2, 0.25) is 0 Å². The summed E-state index contributed by atoms with van der Waals surface area (Å²) in [5, 5.41) is 0. The largest absolute Gasteiger partial charge is 0.458 e. The molecule has 3 rings (SSSR count). The highest BCUT2D eigenvalue weighted by Gasteiger charge is 2.58. The van der Waals surface area contributed by atoms with Crippen LogP contribution < -0.4 is 0 Å². The smallest absolute Gasteiger partial charge is 0.333 e. The summed E-state index contributed by atoms with van der Waals surface area (Å²) in [6.07, 6.45) is 5.52. The van der Waals surface area contributed by atoms with Crippen LogP contribution in [0.1, 0.15) is 20.3 Å². The lowest BCUT2D eigenvalue weighted by Gasteiger charge is -2.29. The molecule has 0 aromatic rings. The van der Waals surface area contributed by atoms with Gasteiger partial charge in [-0.25, -0.2) is 4.79 Å². The maximum absolute atomic E-state index is 11.6. The first-order chi connectivity index (χ1) is 8.66. The zero-order chi connectivity index (χ0) is 12.8. The SMILES string of the molecule is CC=C(C)C(=O)OCC1=CC[N+]23CCC(OC2)C13. The summed E-state index contributed by atoms with van der Waals surface area (Å²) in [5.74, 6) is -0.210. The molecule has 18 heavy (non-hydrogen) atoms. The fourth-order valence-corrected chi connectivity index (χ4v) is 3.39. The Kier molecular flexibility index (Phi) is 2.79. The molecule has 0 spiro atoms. The molecule has 3 heterocycles. The Labute approximate surface area is 107 Å². The molecule has 2 bridgehead atoms. The van der Waals surface area contributed by atoms with Crippen molar-refractivity contribution in [2.24, 2.45) is 0 Å². The van der Waals surface area contributed by atoms with Crippen LogP contribution in [0, 0.1) is 0 Å². The van der Waals surface area contributed by atoms with Crippen LogP contribution in [-0.2, 0) is 14.3 Å². The van der Waals surface area contributed by atoms with Crippen molar-refractivity contribution in [2.45, 2.75) is 32.4 Å². The average Bonchev–Trinajstić information content (AvgIpc) is 3.02. The van der Waals surface area contributed by atoms with Gasteiger partial charge in [-0.2, -0.15) is 0 Å². The van der Waals surface area contributed by atoms with Gasteiger partial charge in [0.15, 0.2) is 6.73 Å². The summed E-state index contributed by atoms with van der Waals surface area (Å²) < 4.78 is 12.2. The highest BCUT2D eigenvalue weighted by Crippen LogP contribution is 2.43. The van der Waals surface area contributed by atoms with Crippen LogP contribution in [0.15, 0.2) is 23.3 Å². The minimum Gasteiger partial charge on any atom is -0.458 e. The van der Waals surface area contributed by atoms with Crippen LogP contribution in [0.5, 0.6) is 0 Å². The van der Waals surface area contributed by atoms with Crippen molar-refractivity contribution >= 4 is 5.97 Å². The van der Waals surface area contributed by atoms with Gasteiger partial charge in [0.25, 0.3) is 0 Å². The van der Waals surface area contributed by atoms with E-state index in [0.717, 1.165) is 24.2 Å². The predicted octanol–water partition coefficient (Wildman–Crippen LogP) is 1.38. The molecule has 3 atom stereocenters. The maximum Gasteiger partial charge on any atom is 0.333 e. The van der Waals surface area contributed by atoms with Gasteiger partial charge in [-0.1, -0.05) is 6.08 Å². The van der Waals surface area contributed by atoms with Crippen molar-refractivity contribution in [3.63, 3.8) is 0 Å². The van der Waals surface area contributed by atoms with Gasteiger partial charge in [-0.3, -0.25) is 4.48 Å².